The van der Waals surface area contributed by atoms with E-state index in [1.165, 1.54) is 25.7 Å². The molecule has 0 aliphatic heterocycles. The number of allylic oxidation sites excluding steroid dienone is 2. The van der Waals surface area contributed by atoms with E-state index in [1.807, 2.05) is 0 Å². The monoisotopic (exact) mass is 192 g/mol. The predicted molar refractivity (Wildman–Crippen MR) is 52.5 cm³/mol. The standard InChI is InChI=1S/C12H16O2/c1-14-10-6-9(13)11-7-2-4-8(5-3-7)12(10)11/h6-8,11-12H,2-5H2,1H3. The molecule has 0 aromatic heterocycles. The van der Waals surface area contributed by atoms with Gasteiger partial charge in [0, 0.05) is 17.9 Å². The van der Waals surface area contributed by atoms with Crippen molar-refractivity contribution >= 4 is 5.78 Å². The van der Waals surface area contributed by atoms with Crippen molar-refractivity contribution in [3.8, 4) is 0 Å². The van der Waals surface area contributed by atoms with Crippen LogP contribution < -0.4 is 0 Å². The quantitative estimate of drug-likeness (QED) is 0.636. The van der Waals surface area contributed by atoms with Gasteiger partial charge < -0.3 is 4.74 Å². The number of fused-ring (bicyclic) bond motifs is 2. The maximum Gasteiger partial charge on any atom is 0.163 e. The van der Waals surface area contributed by atoms with Crippen molar-refractivity contribution in [3.63, 3.8) is 0 Å². The summed E-state index contributed by atoms with van der Waals surface area (Å²) in [5.41, 5.74) is 0. The predicted octanol–water partition coefficient (Wildman–Crippen LogP) is 2.15. The molecule has 0 spiro atoms. The zero-order valence-corrected chi connectivity index (χ0v) is 8.53. The molecule has 2 bridgehead atoms. The molecule has 0 amide bonds. The first-order valence-electron chi connectivity index (χ1n) is 5.60. The second-order valence-corrected chi connectivity index (χ2v) is 4.88. The lowest BCUT2D eigenvalue weighted by atomic mass is 9.59. The van der Waals surface area contributed by atoms with Gasteiger partial charge in [-0.1, -0.05) is 0 Å². The summed E-state index contributed by atoms with van der Waals surface area (Å²) in [5.74, 6) is 3.41. The topological polar surface area (TPSA) is 26.3 Å². The summed E-state index contributed by atoms with van der Waals surface area (Å²) in [6.45, 7) is 0. The van der Waals surface area contributed by atoms with Gasteiger partial charge >= 0.3 is 0 Å². The van der Waals surface area contributed by atoms with Gasteiger partial charge in [-0.05, 0) is 37.5 Å². The maximum atomic E-state index is 11.8. The summed E-state index contributed by atoms with van der Waals surface area (Å²) in [6, 6.07) is 0. The van der Waals surface area contributed by atoms with Crippen LogP contribution in [0.3, 0.4) is 0 Å². The van der Waals surface area contributed by atoms with Crippen molar-refractivity contribution in [1.82, 2.24) is 0 Å². The second kappa shape index (κ2) is 2.85. The van der Waals surface area contributed by atoms with Crippen LogP contribution in [0.4, 0.5) is 0 Å². The molecule has 0 N–H and O–H groups in total. The van der Waals surface area contributed by atoms with E-state index in [-0.39, 0.29) is 5.92 Å². The number of carbonyl (C=O) groups excluding carboxylic acids is 1. The zero-order valence-electron chi connectivity index (χ0n) is 8.53. The van der Waals surface area contributed by atoms with Crippen LogP contribution in [0.2, 0.25) is 0 Å². The van der Waals surface area contributed by atoms with E-state index < -0.39 is 0 Å². The molecular weight excluding hydrogens is 176 g/mol. The molecule has 2 atom stereocenters. The Bertz CT molecular complexity index is 297. The summed E-state index contributed by atoms with van der Waals surface area (Å²) in [6.07, 6.45) is 6.90. The molecule has 4 aliphatic rings. The molecule has 2 unspecified atom stereocenters. The highest BCUT2D eigenvalue weighted by Crippen LogP contribution is 2.54. The van der Waals surface area contributed by atoms with Crippen LogP contribution in [0, 0.1) is 23.7 Å². The van der Waals surface area contributed by atoms with Gasteiger partial charge in [0.15, 0.2) is 5.78 Å². The lowest BCUT2D eigenvalue weighted by Gasteiger charge is -2.45. The third kappa shape index (κ3) is 0.943. The normalized spacial score (nSPS) is 44.9. The summed E-state index contributed by atoms with van der Waals surface area (Å²) in [7, 11) is 1.70. The number of hydrogen-bond acceptors (Lipinski definition) is 2. The van der Waals surface area contributed by atoms with Gasteiger partial charge in [-0.25, -0.2) is 0 Å². The Labute approximate surface area is 84.3 Å². The lowest BCUT2D eigenvalue weighted by Crippen LogP contribution is -2.41. The van der Waals surface area contributed by atoms with Crippen molar-refractivity contribution in [3.05, 3.63) is 11.8 Å². The van der Waals surface area contributed by atoms with Gasteiger partial charge in [0.2, 0.25) is 0 Å². The highest BCUT2D eigenvalue weighted by atomic mass is 16.5. The Hall–Kier alpha value is -0.790. The van der Waals surface area contributed by atoms with Crippen molar-refractivity contribution in [2.45, 2.75) is 25.7 Å². The van der Waals surface area contributed by atoms with Crippen molar-refractivity contribution in [1.29, 1.82) is 0 Å². The molecule has 4 aliphatic carbocycles. The number of carbonyl (C=O) groups is 1. The average Bonchev–Trinajstić information content (AvgIpc) is 2.60. The van der Waals surface area contributed by atoms with Crippen LogP contribution in [0.1, 0.15) is 25.7 Å². The molecule has 4 rings (SSSR count). The molecule has 2 nitrogen and oxygen atoms in total. The van der Waals surface area contributed by atoms with E-state index in [9.17, 15) is 4.79 Å². The van der Waals surface area contributed by atoms with Gasteiger partial charge in [-0.3, -0.25) is 4.79 Å². The fraction of sp³-hybridized carbons (Fsp3) is 0.750. The minimum atomic E-state index is 0.289. The van der Waals surface area contributed by atoms with Crippen LogP contribution >= 0.6 is 0 Å². The largest absolute Gasteiger partial charge is 0.501 e. The molecule has 3 saturated carbocycles. The third-order valence-electron chi connectivity index (χ3n) is 4.40. The smallest absolute Gasteiger partial charge is 0.163 e. The number of hydrogen-bond donors (Lipinski definition) is 0. The Morgan fingerprint density at radius 1 is 1.14 bits per heavy atom. The van der Waals surface area contributed by atoms with Gasteiger partial charge in [0.25, 0.3) is 0 Å². The van der Waals surface area contributed by atoms with Crippen molar-refractivity contribution < 1.29 is 9.53 Å². The Kier molecular flexibility index (Phi) is 1.73. The Morgan fingerprint density at radius 3 is 2.29 bits per heavy atom. The average molecular weight is 192 g/mol. The molecule has 0 radical (unpaired) electrons. The minimum Gasteiger partial charge on any atom is -0.501 e. The summed E-state index contributed by atoms with van der Waals surface area (Å²) < 4.78 is 5.34. The number of rotatable bonds is 1. The first-order valence-corrected chi connectivity index (χ1v) is 5.60. The molecule has 0 aromatic rings. The van der Waals surface area contributed by atoms with Crippen LogP contribution in [0.15, 0.2) is 11.8 Å². The third-order valence-corrected chi connectivity index (χ3v) is 4.40. The van der Waals surface area contributed by atoms with Gasteiger partial charge in [-0.2, -0.15) is 0 Å². The van der Waals surface area contributed by atoms with Crippen LogP contribution in [-0.4, -0.2) is 12.9 Å². The van der Waals surface area contributed by atoms with Gasteiger partial charge in [0.05, 0.1) is 7.11 Å². The molecule has 0 aromatic carbocycles. The Balaban J connectivity index is 1.97. The number of ketones is 1. The van der Waals surface area contributed by atoms with Crippen molar-refractivity contribution in [2.75, 3.05) is 7.11 Å². The van der Waals surface area contributed by atoms with Gasteiger partial charge in [-0.15, -0.1) is 0 Å². The lowest BCUT2D eigenvalue weighted by molar-refractivity contribution is -0.124. The molecule has 3 fully saturated rings. The van der Waals surface area contributed by atoms with Gasteiger partial charge in [0.1, 0.15) is 5.76 Å². The fourth-order valence-corrected chi connectivity index (χ4v) is 3.80. The molecular formula is C12H16O2. The number of ether oxygens (including phenoxy) is 1. The van der Waals surface area contributed by atoms with E-state index >= 15 is 0 Å². The first kappa shape index (κ1) is 8.51. The van der Waals surface area contributed by atoms with Crippen LogP contribution in [0.25, 0.3) is 0 Å². The van der Waals surface area contributed by atoms with E-state index in [1.54, 1.807) is 13.2 Å². The van der Waals surface area contributed by atoms with Crippen LogP contribution in [-0.2, 0) is 9.53 Å². The molecule has 14 heavy (non-hydrogen) atoms. The molecule has 0 heterocycles. The highest BCUT2D eigenvalue weighted by Gasteiger charge is 2.51. The van der Waals surface area contributed by atoms with E-state index in [4.69, 9.17) is 4.74 Å². The first-order chi connectivity index (χ1) is 6.81. The summed E-state index contributed by atoms with van der Waals surface area (Å²) in [5, 5.41) is 0. The summed E-state index contributed by atoms with van der Waals surface area (Å²) >= 11 is 0. The maximum absolute atomic E-state index is 11.8. The van der Waals surface area contributed by atoms with Crippen LogP contribution in [0.5, 0.6) is 0 Å². The number of methoxy groups -OCH3 is 1. The SMILES string of the molecule is COC1=CC(=O)C2C3CCC(CC3)C12. The van der Waals surface area contributed by atoms with Crippen molar-refractivity contribution in [2.24, 2.45) is 23.7 Å². The fourth-order valence-electron chi connectivity index (χ4n) is 3.80. The second-order valence-electron chi connectivity index (χ2n) is 4.88. The van der Waals surface area contributed by atoms with E-state index in [0.717, 1.165) is 11.7 Å². The zero-order chi connectivity index (χ0) is 9.71. The Morgan fingerprint density at radius 2 is 1.71 bits per heavy atom. The van der Waals surface area contributed by atoms with E-state index in [0.29, 0.717) is 17.6 Å². The van der Waals surface area contributed by atoms with E-state index in [2.05, 4.69) is 0 Å². The molecule has 76 valence electrons. The molecule has 2 heteroatoms. The minimum absolute atomic E-state index is 0.289. The highest BCUT2D eigenvalue weighted by molar-refractivity contribution is 5.95. The molecule has 0 saturated heterocycles. The summed E-state index contributed by atoms with van der Waals surface area (Å²) in [4.78, 5) is 11.8.